The number of dihydropyridines is 1. The molecule has 0 fully saturated rings. The van der Waals surface area contributed by atoms with Crippen LogP contribution in [0.1, 0.15) is 12.8 Å². The Bertz CT molecular complexity index is 253. The minimum atomic E-state index is -0.164. The van der Waals surface area contributed by atoms with Crippen LogP contribution in [0.15, 0.2) is 23.5 Å². The van der Waals surface area contributed by atoms with Gasteiger partial charge in [0.05, 0.1) is 12.2 Å². The van der Waals surface area contributed by atoms with E-state index in [1.54, 1.807) is 0 Å². The highest BCUT2D eigenvalue weighted by Gasteiger charge is 2.21. The van der Waals surface area contributed by atoms with Crippen molar-refractivity contribution in [1.29, 1.82) is 0 Å². The highest BCUT2D eigenvalue weighted by Crippen LogP contribution is 2.20. The molecule has 2 heterocycles. The van der Waals surface area contributed by atoms with Crippen molar-refractivity contribution in [2.45, 2.75) is 12.8 Å². The molecule has 1 N–H and O–H groups in total. The predicted molar refractivity (Wildman–Crippen MR) is 39.5 cm³/mol. The first-order valence-corrected chi connectivity index (χ1v) is 3.68. The maximum atomic E-state index is 11.1. The molecule has 0 unspecified atom stereocenters. The van der Waals surface area contributed by atoms with Gasteiger partial charge in [0.1, 0.15) is 0 Å². The smallest absolute Gasteiger partial charge is 0.336 e. The third-order valence-electron chi connectivity index (χ3n) is 1.89. The molecule has 3 nitrogen and oxygen atoms in total. The van der Waals surface area contributed by atoms with Crippen molar-refractivity contribution in [3.05, 3.63) is 23.5 Å². The lowest BCUT2D eigenvalue weighted by Gasteiger charge is -2.21. The lowest BCUT2D eigenvalue weighted by Crippen LogP contribution is -2.25. The van der Waals surface area contributed by atoms with Gasteiger partial charge < -0.3 is 10.1 Å². The Hall–Kier alpha value is -1.25. The zero-order chi connectivity index (χ0) is 7.68. The normalized spacial score (nSPS) is 22.4. The van der Waals surface area contributed by atoms with Crippen LogP contribution in [0.5, 0.6) is 0 Å². The van der Waals surface area contributed by atoms with E-state index in [1.165, 1.54) is 0 Å². The van der Waals surface area contributed by atoms with Crippen LogP contribution in [-0.2, 0) is 9.53 Å². The lowest BCUT2D eigenvalue weighted by molar-refractivity contribution is -0.140. The van der Waals surface area contributed by atoms with E-state index in [-0.39, 0.29) is 5.97 Å². The monoisotopic (exact) mass is 151 g/mol. The van der Waals surface area contributed by atoms with E-state index in [2.05, 4.69) is 5.32 Å². The summed E-state index contributed by atoms with van der Waals surface area (Å²) in [6.07, 6.45) is 5.33. The number of ether oxygens (including phenoxy) is 1. The van der Waals surface area contributed by atoms with Gasteiger partial charge in [0.2, 0.25) is 0 Å². The summed E-state index contributed by atoms with van der Waals surface area (Å²) in [6, 6.07) is 0. The summed E-state index contributed by atoms with van der Waals surface area (Å²) in [5.41, 5.74) is 1.82. The molecule has 2 aliphatic rings. The summed E-state index contributed by atoms with van der Waals surface area (Å²) in [6.45, 7) is 0.512. The van der Waals surface area contributed by atoms with E-state index in [9.17, 15) is 4.79 Å². The molecule has 0 saturated carbocycles. The van der Waals surface area contributed by atoms with E-state index in [0.29, 0.717) is 13.0 Å². The SMILES string of the molecule is O=C1OCCC2=C1CC=CN2. The predicted octanol–water partition coefficient (Wildman–Crippen LogP) is 0.694. The van der Waals surface area contributed by atoms with Gasteiger partial charge in [-0.25, -0.2) is 4.79 Å². The standard InChI is InChI=1S/C8H9NO2/c10-8-6-2-1-4-9-7(6)3-5-11-8/h1,4,9H,2-3,5H2. The van der Waals surface area contributed by atoms with Gasteiger partial charge in [-0.1, -0.05) is 6.08 Å². The Kier molecular flexibility index (Phi) is 1.42. The molecule has 0 aliphatic carbocycles. The summed E-state index contributed by atoms with van der Waals surface area (Å²) in [7, 11) is 0. The van der Waals surface area contributed by atoms with Crippen LogP contribution in [0.3, 0.4) is 0 Å². The summed E-state index contributed by atoms with van der Waals surface area (Å²) < 4.78 is 4.88. The number of hydrogen-bond acceptors (Lipinski definition) is 3. The van der Waals surface area contributed by atoms with Gasteiger partial charge in [0.15, 0.2) is 0 Å². The maximum Gasteiger partial charge on any atom is 0.336 e. The van der Waals surface area contributed by atoms with Crippen molar-refractivity contribution < 1.29 is 9.53 Å². The van der Waals surface area contributed by atoms with Gasteiger partial charge in [-0.3, -0.25) is 0 Å². The minimum Gasteiger partial charge on any atom is -0.462 e. The second-order valence-electron chi connectivity index (χ2n) is 2.59. The van der Waals surface area contributed by atoms with E-state index in [0.717, 1.165) is 17.7 Å². The number of esters is 1. The molecular formula is C8H9NO2. The maximum absolute atomic E-state index is 11.1. The Morgan fingerprint density at radius 3 is 3.27 bits per heavy atom. The molecule has 11 heavy (non-hydrogen) atoms. The Morgan fingerprint density at radius 2 is 2.45 bits per heavy atom. The second kappa shape index (κ2) is 2.42. The molecule has 0 amide bonds. The fourth-order valence-electron chi connectivity index (χ4n) is 1.31. The molecule has 3 heteroatoms. The van der Waals surface area contributed by atoms with Gasteiger partial charge in [-0.15, -0.1) is 0 Å². The van der Waals surface area contributed by atoms with Crippen LogP contribution in [0.4, 0.5) is 0 Å². The van der Waals surface area contributed by atoms with Gasteiger partial charge in [0.25, 0.3) is 0 Å². The molecule has 2 rings (SSSR count). The molecule has 0 bridgehead atoms. The zero-order valence-electron chi connectivity index (χ0n) is 6.09. The first-order valence-electron chi connectivity index (χ1n) is 3.68. The third kappa shape index (κ3) is 1.02. The van der Waals surface area contributed by atoms with E-state index in [1.807, 2.05) is 12.3 Å². The lowest BCUT2D eigenvalue weighted by atomic mass is 10.0. The molecular weight excluding hydrogens is 142 g/mol. The fourth-order valence-corrected chi connectivity index (χ4v) is 1.31. The number of hydrogen-bond donors (Lipinski definition) is 1. The quantitative estimate of drug-likeness (QED) is 0.518. The zero-order valence-corrected chi connectivity index (χ0v) is 6.09. The van der Waals surface area contributed by atoms with Crippen LogP contribution in [0.25, 0.3) is 0 Å². The molecule has 2 aliphatic heterocycles. The van der Waals surface area contributed by atoms with Gasteiger partial charge in [0, 0.05) is 18.5 Å². The molecule has 0 aromatic carbocycles. The molecule has 0 saturated heterocycles. The average Bonchev–Trinajstić information content (AvgIpc) is 2.06. The minimum absolute atomic E-state index is 0.164. The first-order chi connectivity index (χ1) is 5.38. The van der Waals surface area contributed by atoms with E-state index < -0.39 is 0 Å². The fraction of sp³-hybridized carbons (Fsp3) is 0.375. The average molecular weight is 151 g/mol. The van der Waals surface area contributed by atoms with Gasteiger partial charge in [-0.05, 0) is 6.20 Å². The summed E-state index contributed by atoms with van der Waals surface area (Å²) in [5, 5.41) is 3.05. The molecule has 0 aromatic heterocycles. The number of cyclic esters (lactones) is 1. The number of carbonyl (C=O) groups is 1. The molecule has 0 radical (unpaired) electrons. The van der Waals surface area contributed by atoms with Crippen molar-refractivity contribution >= 4 is 5.97 Å². The first kappa shape index (κ1) is 6.46. The number of rotatable bonds is 0. The summed E-state index contributed by atoms with van der Waals surface area (Å²) >= 11 is 0. The molecule has 0 aromatic rings. The summed E-state index contributed by atoms with van der Waals surface area (Å²) in [5.74, 6) is -0.164. The Balaban J connectivity index is 2.29. The Morgan fingerprint density at radius 1 is 1.55 bits per heavy atom. The van der Waals surface area contributed by atoms with Crippen molar-refractivity contribution in [3.63, 3.8) is 0 Å². The van der Waals surface area contributed by atoms with E-state index >= 15 is 0 Å². The van der Waals surface area contributed by atoms with Crippen LogP contribution in [0, 0.1) is 0 Å². The highest BCUT2D eigenvalue weighted by atomic mass is 16.5. The Labute approximate surface area is 64.7 Å². The van der Waals surface area contributed by atoms with Crippen molar-refractivity contribution in [3.8, 4) is 0 Å². The number of carbonyl (C=O) groups excluding carboxylic acids is 1. The number of nitrogens with one attached hydrogen (secondary N) is 1. The van der Waals surface area contributed by atoms with Crippen LogP contribution >= 0.6 is 0 Å². The number of allylic oxidation sites excluding steroid dienone is 1. The third-order valence-corrected chi connectivity index (χ3v) is 1.89. The van der Waals surface area contributed by atoms with Crippen molar-refractivity contribution in [1.82, 2.24) is 5.32 Å². The van der Waals surface area contributed by atoms with Gasteiger partial charge >= 0.3 is 5.97 Å². The largest absolute Gasteiger partial charge is 0.462 e. The summed E-state index contributed by atoms with van der Waals surface area (Å²) in [4.78, 5) is 11.1. The van der Waals surface area contributed by atoms with Crippen molar-refractivity contribution in [2.24, 2.45) is 0 Å². The molecule has 58 valence electrons. The molecule has 0 atom stereocenters. The topological polar surface area (TPSA) is 38.3 Å². The highest BCUT2D eigenvalue weighted by molar-refractivity contribution is 5.90. The van der Waals surface area contributed by atoms with Crippen LogP contribution in [0.2, 0.25) is 0 Å². The van der Waals surface area contributed by atoms with Crippen LogP contribution < -0.4 is 5.32 Å². The molecule has 0 spiro atoms. The van der Waals surface area contributed by atoms with Crippen molar-refractivity contribution in [2.75, 3.05) is 6.61 Å². The van der Waals surface area contributed by atoms with Crippen LogP contribution in [-0.4, -0.2) is 12.6 Å². The second-order valence-corrected chi connectivity index (χ2v) is 2.59. The van der Waals surface area contributed by atoms with Gasteiger partial charge in [-0.2, -0.15) is 0 Å². The van der Waals surface area contributed by atoms with E-state index in [4.69, 9.17) is 4.74 Å².